The number of aromatic nitrogens is 2. The first-order valence-corrected chi connectivity index (χ1v) is 11.3. The van der Waals surface area contributed by atoms with Crippen molar-refractivity contribution in [3.63, 3.8) is 0 Å². The van der Waals surface area contributed by atoms with Gasteiger partial charge in [0.25, 0.3) is 5.56 Å². The number of rotatable bonds is 4. The lowest BCUT2D eigenvalue weighted by Crippen LogP contribution is -2.42. The van der Waals surface area contributed by atoms with Crippen LogP contribution in [0.2, 0.25) is 0 Å². The maximum atomic E-state index is 12.6. The first kappa shape index (κ1) is 20.3. The number of ether oxygens (including phenoxy) is 1. The number of nitrogens with zero attached hydrogens (tertiary/aromatic N) is 2. The largest absolute Gasteiger partial charge is 0.444 e. The zero-order chi connectivity index (χ0) is 20.6. The molecule has 1 amide bonds. The molecule has 0 aromatic carbocycles. The smallest absolute Gasteiger partial charge is 0.407 e. The topological polar surface area (TPSA) is 87.3 Å². The van der Waals surface area contributed by atoms with Crippen LogP contribution in [0.5, 0.6) is 0 Å². The van der Waals surface area contributed by atoms with E-state index < -0.39 is 5.60 Å². The molecule has 1 saturated heterocycles. The van der Waals surface area contributed by atoms with Crippen molar-refractivity contribution in [1.82, 2.24) is 20.2 Å². The molecule has 29 heavy (non-hydrogen) atoms. The van der Waals surface area contributed by atoms with Crippen LogP contribution in [0.15, 0.2) is 4.79 Å². The number of piperidine rings is 1. The summed E-state index contributed by atoms with van der Waals surface area (Å²) < 4.78 is 5.32. The van der Waals surface area contributed by atoms with Crippen LogP contribution >= 0.6 is 11.3 Å². The fourth-order valence-corrected chi connectivity index (χ4v) is 5.62. The average molecular weight is 419 g/mol. The van der Waals surface area contributed by atoms with Crippen LogP contribution in [-0.4, -0.2) is 46.2 Å². The normalized spacial score (nSPS) is 20.0. The number of carbonyl (C=O) groups is 1. The maximum absolute atomic E-state index is 12.6. The number of alkyl carbamates (subject to hydrolysis) is 1. The molecule has 2 aromatic rings. The van der Waals surface area contributed by atoms with E-state index in [9.17, 15) is 9.59 Å². The van der Waals surface area contributed by atoms with Gasteiger partial charge in [0.1, 0.15) is 16.3 Å². The Morgan fingerprint density at radius 3 is 2.97 bits per heavy atom. The van der Waals surface area contributed by atoms with Crippen molar-refractivity contribution >= 4 is 27.6 Å². The zero-order valence-electron chi connectivity index (χ0n) is 17.5. The van der Waals surface area contributed by atoms with Gasteiger partial charge in [-0.2, -0.15) is 0 Å². The fourth-order valence-electron chi connectivity index (χ4n) is 4.34. The minimum atomic E-state index is -0.485. The molecular formula is C21H30N4O3S. The standard InChI is InChI=1S/C21H30N4O3S/c1-21(2,3)28-20(27)22-10-13-6-5-9-25(11-13)12-16-23-18(26)17-14-7-4-8-15(14)29-19(17)24-16/h13H,4-12H2,1-3H3,(H,22,27)(H,23,24,26). The molecule has 1 unspecified atom stereocenters. The monoisotopic (exact) mass is 418 g/mol. The van der Waals surface area contributed by atoms with Gasteiger partial charge in [0, 0.05) is 18.0 Å². The molecule has 0 radical (unpaired) electrons. The number of aromatic amines is 1. The van der Waals surface area contributed by atoms with Gasteiger partial charge in [0.2, 0.25) is 0 Å². The summed E-state index contributed by atoms with van der Waals surface area (Å²) in [6.07, 6.45) is 5.00. The van der Waals surface area contributed by atoms with Crippen LogP contribution in [-0.2, 0) is 24.1 Å². The second-order valence-electron chi connectivity index (χ2n) is 9.18. The molecule has 1 aliphatic carbocycles. The van der Waals surface area contributed by atoms with Gasteiger partial charge >= 0.3 is 6.09 Å². The first-order valence-electron chi connectivity index (χ1n) is 10.5. The highest BCUT2D eigenvalue weighted by Crippen LogP contribution is 2.34. The molecule has 2 aromatic heterocycles. The van der Waals surface area contributed by atoms with Gasteiger partial charge in [-0.25, -0.2) is 9.78 Å². The predicted molar refractivity (Wildman–Crippen MR) is 115 cm³/mol. The van der Waals surface area contributed by atoms with E-state index >= 15 is 0 Å². The number of nitrogens with one attached hydrogen (secondary N) is 2. The average Bonchev–Trinajstić information content (AvgIpc) is 3.19. The number of fused-ring (bicyclic) bond motifs is 3. The molecule has 2 aliphatic rings. The van der Waals surface area contributed by atoms with Gasteiger partial charge < -0.3 is 15.0 Å². The number of hydrogen-bond acceptors (Lipinski definition) is 6. The Morgan fingerprint density at radius 2 is 2.17 bits per heavy atom. The van der Waals surface area contributed by atoms with E-state index in [4.69, 9.17) is 9.72 Å². The van der Waals surface area contributed by atoms with Crippen molar-refractivity contribution in [1.29, 1.82) is 0 Å². The third kappa shape index (κ3) is 4.80. The number of hydrogen-bond donors (Lipinski definition) is 2. The van der Waals surface area contributed by atoms with Crippen LogP contribution < -0.4 is 10.9 Å². The summed E-state index contributed by atoms with van der Waals surface area (Å²) in [5.41, 5.74) is 0.738. The maximum Gasteiger partial charge on any atom is 0.407 e. The van der Waals surface area contributed by atoms with Crippen molar-refractivity contribution in [2.45, 2.75) is 65.0 Å². The van der Waals surface area contributed by atoms with Gasteiger partial charge in [-0.05, 0) is 70.9 Å². The fraction of sp³-hybridized carbons (Fsp3) is 0.667. The Morgan fingerprint density at radius 1 is 1.34 bits per heavy atom. The van der Waals surface area contributed by atoms with E-state index in [0.717, 1.165) is 61.2 Å². The van der Waals surface area contributed by atoms with Gasteiger partial charge in [-0.1, -0.05) is 0 Å². The minimum Gasteiger partial charge on any atom is -0.444 e. The summed E-state index contributed by atoms with van der Waals surface area (Å²) in [6, 6.07) is 0. The summed E-state index contributed by atoms with van der Waals surface area (Å²) in [4.78, 5) is 36.9. The SMILES string of the molecule is CC(C)(C)OC(=O)NCC1CCCN(Cc2nc3sc4c(c3c(=O)[nH]2)CCC4)C1. The predicted octanol–water partition coefficient (Wildman–Crippen LogP) is 3.21. The van der Waals surface area contributed by atoms with Gasteiger partial charge in [0.15, 0.2) is 0 Å². The molecule has 158 valence electrons. The Kier molecular flexibility index (Phi) is 5.66. The van der Waals surface area contributed by atoms with E-state index in [0.29, 0.717) is 19.0 Å². The molecule has 7 nitrogen and oxygen atoms in total. The molecule has 1 aliphatic heterocycles. The summed E-state index contributed by atoms with van der Waals surface area (Å²) in [5.74, 6) is 1.11. The van der Waals surface area contributed by atoms with E-state index in [1.165, 1.54) is 10.4 Å². The molecule has 2 N–H and O–H groups in total. The lowest BCUT2D eigenvalue weighted by atomic mass is 9.98. The number of carbonyl (C=O) groups excluding carboxylic acids is 1. The number of thiophene rings is 1. The van der Waals surface area contributed by atoms with E-state index in [2.05, 4.69) is 15.2 Å². The van der Waals surface area contributed by atoms with E-state index in [-0.39, 0.29) is 11.7 Å². The molecule has 4 rings (SSSR count). The summed E-state index contributed by atoms with van der Waals surface area (Å²) in [6.45, 7) is 8.68. The van der Waals surface area contributed by atoms with Crippen LogP contribution in [0, 0.1) is 5.92 Å². The van der Waals surface area contributed by atoms with E-state index in [1.54, 1.807) is 11.3 Å². The van der Waals surface area contributed by atoms with Crippen LogP contribution in [0.3, 0.4) is 0 Å². The molecule has 1 atom stereocenters. The van der Waals surface area contributed by atoms with Crippen molar-refractivity contribution in [2.24, 2.45) is 5.92 Å². The summed E-state index contributed by atoms with van der Waals surface area (Å²) >= 11 is 1.68. The summed E-state index contributed by atoms with van der Waals surface area (Å²) in [5, 5.41) is 3.70. The Labute approximate surface area is 174 Å². The second kappa shape index (κ2) is 8.07. The van der Waals surface area contributed by atoms with Crippen LogP contribution in [0.1, 0.15) is 56.3 Å². The molecule has 0 saturated carbocycles. The molecule has 8 heteroatoms. The molecular weight excluding hydrogens is 388 g/mol. The zero-order valence-corrected chi connectivity index (χ0v) is 18.3. The van der Waals surface area contributed by atoms with Gasteiger partial charge in [0.05, 0.1) is 11.9 Å². The second-order valence-corrected chi connectivity index (χ2v) is 10.3. The number of H-pyrrole nitrogens is 1. The van der Waals surface area contributed by atoms with Gasteiger partial charge in [-0.3, -0.25) is 9.69 Å². The van der Waals surface area contributed by atoms with Crippen molar-refractivity contribution in [3.05, 3.63) is 26.6 Å². The highest BCUT2D eigenvalue weighted by molar-refractivity contribution is 7.18. The lowest BCUT2D eigenvalue weighted by Gasteiger charge is -2.32. The Hall–Kier alpha value is -1.93. The van der Waals surface area contributed by atoms with Crippen LogP contribution in [0.25, 0.3) is 10.2 Å². The summed E-state index contributed by atoms with van der Waals surface area (Å²) in [7, 11) is 0. The molecule has 0 spiro atoms. The minimum absolute atomic E-state index is 0.00421. The quantitative estimate of drug-likeness (QED) is 0.796. The van der Waals surface area contributed by atoms with Gasteiger partial charge in [-0.15, -0.1) is 11.3 Å². The Bertz CT molecular complexity index is 959. The number of likely N-dealkylation sites (tertiary alicyclic amines) is 1. The van der Waals surface area contributed by atoms with E-state index in [1.807, 2.05) is 20.8 Å². The molecule has 3 heterocycles. The lowest BCUT2D eigenvalue weighted by molar-refractivity contribution is 0.0505. The highest BCUT2D eigenvalue weighted by Gasteiger charge is 2.24. The third-order valence-electron chi connectivity index (χ3n) is 5.53. The molecule has 0 bridgehead atoms. The number of amides is 1. The van der Waals surface area contributed by atoms with Crippen LogP contribution in [0.4, 0.5) is 4.79 Å². The Balaban J connectivity index is 1.37. The molecule has 1 fully saturated rings. The third-order valence-corrected chi connectivity index (χ3v) is 6.72. The van der Waals surface area contributed by atoms with Crippen molar-refractivity contribution in [2.75, 3.05) is 19.6 Å². The highest BCUT2D eigenvalue weighted by atomic mass is 32.1. The van der Waals surface area contributed by atoms with Crippen molar-refractivity contribution < 1.29 is 9.53 Å². The van der Waals surface area contributed by atoms with Crippen molar-refractivity contribution in [3.8, 4) is 0 Å². The first-order chi connectivity index (χ1) is 13.8. The number of aryl methyl sites for hydroxylation is 2.